The van der Waals surface area contributed by atoms with Gasteiger partial charge in [0.1, 0.15) is 5.82 Å². The molecule has 20 heavy (non-hydrogen) atoms. The molecule has 2 heterocycles. The second kappa shape index (κ2) is 5.66. The van der Waals surface area contributed by atoms with Crippen molar-refractivity contribution in [1.29, 1.82) is 0 Å². The topological polar surface area (TPSA) is 27.1 Å². The highest BCUT2D eigenvalue weighted by molar-refractivity contribution is 9.10. The van der Waals surface area contributed by atoms with Crippen LogP contribution in [0, 0.1) is 0 Å². The lowest BCUT2D eigenvalue weighted by molar-refractivity contribution is 0.0301. The molecule has 0 saturated carbocycles. The molecule has 1 aliphatic heterocycles. The van der Waals surface area contributed by atoms with E-state index in [4.69, 9.17) is 21.3 Å². The van der Waals surface area contributed by atoms with Crippen molar-refractivity contribution in [3.8, 4) is 0 Å². The number of aryl methyl sites for hydroxylation is 1. The number of nitrogens with zero attached hydrogens (tertiary/aromatic N) is 2. The molecule has 3 rings (SSSR count). The molecule has 0 amide bonds. The molecule has 1 aromatic carbocycles. The summed E-state index contributed by atoms with van der Waals surface area (Å²) in [6.07, 6.45) is 2.82. The molecule has 108 valence electrons. The van der Waals surface area contributed by atoms with Crippen LogP contribution in [0.4, 0.5) is 0 Å². The van der Waals surface area contributed by atoms with Crippen LogP contribution in [0.3, 0.4) is 0 Å². The van der Waals surface area contributed by atoms with Gasteiger partial charge in [0.25, 0.3) is 0 Å². The number of halogens is 2. The highest BCUT2D eigenvalue weighted by atomic mass is 79.9. The molecule has 1 saturated heterocycles. The molecule has 1 fully saturated rings. The fourth-order valence-electron chi connectivity index (χ4n) is 2.99. The summed E-state index contributed by atoms with van der Waals surface area (Å²) in [5, 5.41) is 0. The average molecular weight is 358 g/mol. The molecule has 0 radical (unpaired) electrons. The lowest BCUT2D eigenvalue weighted by atomic mass is 9.91. The van der Waals surface area contributed by atoms with Gasteiger partial charge in [0, 0.05) is 35.5 Å². The number of rotatable bonds is 3. The highest BCUT2D eigenvalue weighted by Crippen LogP contribution is 2.34. The summed E-state index contributed by atoms with van der Waals surface area (Å²) in [5.41, 5.74) is 2.29. The first kappa shape index (κ1) is 14.4. The van der Waals surface area contributed by atoms with Crippen LogP contribution in [-0.4, -0.2) is 28.6 Å². The first-order valence-electron chi connectivity index (χ1n) is 6.95. The van der Waals surface area contributed by atoms with E-state index in [0.29, 0.717) is 5.88 Å². The Bertz CT molecular complexity index is 620. The van der Waals surface area contributed by atoms with E-state index < -0.39 is 0 Å². The third-order valence-corrected chi connectivity index (χ3v) is 4.80. The number of hydrogen-bond acceptors (Lipinski definition) is 2. The summed E-state index contributed by atoms with van der Waals surface area (Å²) in [4.78, 5) is 4.78. The van der Waals surface area contributed by atoms with Gasteiger partial charge in [0.15, 0.2) is 0 Å². The SMILES string of the molecule is CC1(n2c(CCCl)nc3ccc(Br)cc32)CCOCC1. The Balaban J connectivity index is 2.19. The summed E-state index contributed by atoms with van der Waals surface area (Å²) in [5.74, 6) is 1.68. The Kier molecular flexibility index (Phi) is 4.07. The molecular weight excluding hydrogens is 340 g/mol. The zero-order chi connectivity index (χ0) is 14.2. The van der Waals surface area contributed by atoms with Crippen LogP contribution in [0.15, 0.2) is 22.7 Å². The van der Waals surface area contributed by atoms with Gasteiger partial charge in [-0.3, -0.25) is 0 Å². The standard InChI is InChI=1S/C15H18BrClN2O/c1-15(5-8-20-9-6-15)19-13-10-11(16)2-3-12(13)18-14(19)4-7-17/h2-3,10H,4-9H2,1H3. The maximum atomic E-state index is 5.96. The van der Waals surface area contributed by atoms with Gasteiger partial charge in [-0.2, -0.15) is 0 Å². The van der Waals surface area contributed by atoms with E-state index in [9.17, 15) is 0 Å². The first-order chi connectivity index (χ1) is 9.64. The predicted molar refractivity (Wildman–Crippen MR) is 85.6 cm³/mol. The van der Waals surface area contributed by atoms with Crippen LogP contribution < -0.4 is 0 Å². The van der Waals surface area contributed by atoms with Crippen molar-refractivity contribution >= 4 is 38.6 Å². The summed E-state index contributed by atoms with van der Waals surface area (Å²) < 4.78 is 9.00. The Morgan fingerprint density at radius 3 is 2.85 bits per heavy atom. The number of ether oxygens (including phenoxy) is 1. The van der Waals surface area contributed by atoms with E-state index in [1.54, 1.807) is 0 Å². The second-order valence-corrected chi connectivity index (χ2v) is 6.84. The summed E-state index contributed by atoms with van der Waals surface area (Å²) in [6, 6.07) is 6.26. The van der Waals surface area contributed by atoms with Gasteiger partial charge in [-0.1, -0.05) is 15.9 Å². The predicted octanol–water partition coefficient (Wildman–Crippen LogP) is 4.11. The van der Waals surface area contributed by atoms with Crippen LogP contribution in [0.1, 0.15) is 25.6 Å². The van der Waals surface area contributed by atoms with E-state index in [1.807, 2.05) is 6.07 Å². The average Bonchev–Trinajstić information content (AvgIpc) is 2.78. The van der Waals surface area contributed by atoms with Gasteiger partial charge < -0.3 is 9.30 Å². The quantitative estimate of drug-likeness (QED) is 0.773. The molecule has 0 spiro atoms. The molecule has 0 N–H and O–H groups in total. The monoisotopic (exact) mass is 356 g/mol. The summed E-state index contributed by atoms with van der Waals surface area (Å²) in [7, 11) is 0. The number of hydrogen-bond donors (Lipinski definition) is 0. The maximum Gasteiger partial charge on any atom is 0.111 e. The molecule has 1 aromatic heterocycles. The van der Waals surface area contributed by atoms with Gasteiger partial charge in [-0.05, 0) is 38.0 Å². The molecule has 2 aromatic rings. The molecular formula is C15H18BrClN2O. The third-order valence-electron chi connectivity index (χ3n) is 4.11. The van der Waals surface area contributed by atoms with Crippen molar-refractivity contribution in [2.24, 2.45) is 0 Å². The number of benzene rings is 1. The summed E-state index contributed by atoms with van der Waals surface area (Å²) in [6.45, 7) is 3.92. The number of aromatic nitrogens is 2. The van der Waals surface area contributed by atoms with E-state index in [2.05, 4.69) is 39.6 Å². The lowest BCUT2D eigenvalue weighted by Crippen LogP contribution is -2.37. The maximum absolute atomic E-state index is 5.96. The van der Waals surface area contributed by atoms with Gasteiger partial charge in [0.05, 0.1) is 11.0 Å². The Morgan fingerprint density at radius 1 is 1.40 bits per heavy atom. The smallest absolute Gasteiger partial charge is 0.111 e. The van der Waals surface area contributed by atoms with Crippen molar-refractivity contribution in [2.45, 2.75) is 31.7 Å². The van der Waals surface area contributed by atoms with Crippen LogP contribution in [0.5, 0.6) is 0 Å². The van der Waals surface area contributed by atoms with Gasteiger partial charge in [-0.15, -0.1) is 11.6 Å². The molecule has 5 heteroatoms. The minimum absolute atomic E-state index is 0.0647. The van der Waals surface area contributed by atoms with Crippen LogP contribution in [0.2, 0.25) is 0 Å². The van der Waals surface area contributed by atoms with Crippen molar-refractivity contribution in [3.05, 3.63) is 28.5 Å². The van der Waals surface area contributed by atoms with Crippen molar-refractivity contribution in [3.63, 3.8) is 0 Å². The molecule has 0 aliphatic carbocycles. The van der Waals surface area contributed by atoms with Crippen molar-refractivity contribution in [1.82, 2.24) is 9.55 Å². The minimum Gasteiger partial charge on any atom is -0.381 e. The third kappa shape index (κ3) is 2.49. The minimum atomic E-state index is 0.0647. The molecule has 1 aliphatic rings. The Labute approximate surface area is 132 Å². The number of alkyl halides is 1. The van der Waals surface area contributed by atoms with Crippen molar-refractivity contribution in [2.75, 3.05) is 19.1 Å². The molecule has 0 unspecified atom stereocenters. The highest BCUT2D eigenvalue weighted by Gasteiger charge is 2.32. The van der Waals surface area contributed by atoms with Crippen LogP contribution in [0.25, 0.3) is 11.0 Å². The number of imidazole rings is 1. The van der Waals surface area contributed by atoms with Crippen LogP contribution >= 0.6 is 27.5 Å². The zero-order valence-corrected chi connectivity index (χ0v) is 13.9. The fourth-order valence-corrected chi connectivity index (χ4v) is 3.51. The molecule has 0 bridgehead atoms. The largest absolute Gasteiger partial charge is 0.381 e. The van der Waals surface area contributed by atoms with Crippen molar-refractivity contribution < 1.29 is 4.74 Å². The Hall–Kier alpha value is -0.580. The second-order valence-electron chi connectivity index (χ2n) is 5.54. The van der Waals surface area contributed by atoms with Gasteiger partial charge in [-0.25, -0.2) is 4.98 Å². The molecule has 0 atom stereocenters. The van der Waals surface area contributed by atoms with E-state index in [0.717, 1.165) is 48.3 Å². The van der Waals surface area contributed by atoms with Crippen LogP contribution in [-0.2, 0) is 16.7 Å². The Morgan fingerprint density at radius 2 is 2.15 bits per heavy atom. The molecule has 3 nitrogen and oxygen atoms in total. The normalized spacial score (nSPS) is 18.6. The fraction of sp³-hybridized carbons (Fsp3) is 0.533. The van der Waals surface area contributed by atoms with E-state index >= 15 is 0 Å². The van der Waals surface area contributed by atoms with Gasteiger partial charge >= 0.3 is 0 Å². The van der Waals surface area contributed by atoms with E-state index in [-0.39, 0.29) is 5.54 Å². The zero-order valence-electron chi connectivity index (χ0n) is 11.5. The lowest BCUT2D eigenvalue weighted by Gasteiger charge is -2.36. The summed E-state index contributed by atoms with van der Waals surface area (Å²) >= 11 is 9.53. The van der Waals surface area contributed by atoms with Gasteiger partial charge in [0.2, 0.25) is 0 Å². The van der Waals surface area contributed by atoms with E-state index in [1.165, 1.54) is 5.52 Å². The first-order valence-corrected chi connectivity index (χ1v) is 8.28. The number of fused-ring (bicyclic) bond motifs is 1.